The lowest BCUT2D eigenvalue weighted by Gasteiger charge is -2.21. The number of aliphatic hydroxyl groups excluding tert-OH is 12. The van der Waals surface area contributed by atoms with Crippen molar-refractivity contribution in [3.05, 3.63) is 120 Å². The molecular weight excluding hydrogens is 2110 g/mol. The van der Waals surface area contributed by atoms with Gasteiger partial charge in [-0.3, -0.25) is 47.9 Å². The van der Waals surface area contributed by atoms with E-state index in [9.17, 15) is 119 Å². The van der Waals surface area contributed by atoms with Crippen LogP contribution in [0.1, 0.15) is 155 Å². The second kappa shape index (κ2) is 66.4. The summed E-state index contributed by atoms with van der Waals surface area (Å²) in [5.41, 5.74) is 10.5. The molecule has 4 aliphatic heterocycles. The summed E-state index contributed by atoms with van der Waals surface area (Å²) >= 11 is 0. The molecule has 8 heterocycles. The number of aliphatic carboxylic acids is 5. The smallest absolute Gasteiger partial charge is 0.485 e. The van der Waals surface area contributed by atoms with Crippen LogP contribution in [0.5, 0.6) is 0 Å². The number of aliphatic hydroxyl groups is 12. The van der Waals surface area contributed by atoms with Crippen molar-refractivity contribution in [1.29, 1.82) is 0 Å². The van der Waals surface area contributed by atoms with E-state index in [4.69, 9.17) is 163 Å². The number of ether oxygens (including phenoxy) is 10. The zero-order valence-corrected chi connectivity index (χ0v) is 83.6. The predicted octanol–water partition coefficient (Wildman–Crippen LogP) is -6.50. The fourth-order valence-corrected chi connectivity index (χ4v) is 10.9. The van der Waals surface area contributed by atoms with Crippen LogP contribution in [-0.4, -0.2) is 349 Å². The number of carbonyl (C=O) groups is 15. The van der Waals surface area contributed by atoms with E-state index in [1.807, 2.05) is 0 Å². The van der Waals surface area contributed by atoms with Gasteiger partial charge in [0.1, 0.15) is 72.1 Å². The predicted molar refractivity (Wildman–Crippen MR) is 472 cm³/mol. The molecule has 25 N–H and O–H groups in total. The van der Waals surface area contributed by atoms with E-state index in [-0.39, 0.29) is 42.5 Å². The Balaban J connectivity index is -0.00000160. The molecule has 4 saturated heterocycles. The molecule has 4 aromatic heterocycles. The molecule has 4 amide bonds. The van der Waals surface area contributed by atoms with Gasteiger partial charge in [-0.1, -0.05) is 40.0 Å². The molecule has 8 rings (SSSR count). The molecule has 0 saturated carbocycles. The Morgan fingerprint density at radius 1 is 0.393 bits per heavy atom. The van der Waals surface area contributed by atoms with E-state index in [1.165, 1.54) is 135 Å². The van der Waals surface area contributed by atoms with Crippen molar-refractivity contribution < 1.29 is 277 Å². The summed E-state index contributed by atoms with van der Waals surface area (Å²) in [5.74, 6) is -13.6. The number of esters is 6. The van der Waals surface area contributed by atoms with E-state index in [2.05, 4.69) is 47.6 Å². The first-order valence-corrected chi connectivity index (χ1v) is 49.6. The van der Waals surface area contributed by atoms with Crippen LogP contribution in [-0.2, 0) is 120 Å². The lowest BCUT2D eigenvalue weighted by atomic mass is 10.0. The highest BCUT2D eigenvalue weighted by atomic mass is 32.7. The molecule has 0 aliphatic carbocycles. The van der Waals surface area contributed by atoms with Gasteiger partial charge in [-0.05, 0) is 44.1 Å². The lowest BCUT2D eigenvalue weighted by molar-refractivity contribution is -0.766. The second-order valence-corrected chi connectivity index (χ2v) is 43.5. The molecule has 0 spiro atoms. The minimum atomic E-state index is -6.09. The molecule has 4 aromatic rings. The topological polar surface area (TPSA) is 926 Å². The Hall–Kier alpha value is -10.9. The molecule has 145 heavy (non-hydrogen) atoms. The number of nitrogens with two attached hydrogens (primary N) is 4. The third kappa shape index (κ3) is 51.4. The highest BCUT2D eigenvalue weighted by Crippen LogP contribution is 2.60. The number of carboxylic acid groups (broad SMARTS) is 5. The van der Waals surface area contributed by atoms with Gasteiger partial charge in [0.05, 0.1) is 19.3 Å². The lowest BCUT2D eigenvalue weighted by Crippen LogP contribution is -2.48. The number of carbonyl (C=O) groups excluding carboxylic acids is 10. The average molecular weight is 2220 g/mol. The van der Waals surface area contributed by atoms with Gasteiger partial charge in [-0.15, -0.1) is 26.8 Å². The number of rotatable bonds is 29. The molecule has 6 unspecified atom stereocenters. The van der Waals surface area contributed by atoms with Gasteiger partial charge in [0.25, 0.3) is 36.1 Å². The maximum absolute atomic E-state index is 11.6. The number of halogens is 6. The number of amides is 4. The van der Waals surface area contributed by atoms with Crippen molar-refractivity contribution in [2.24, 2.45) is 28.9 Å². The molecule has 25 atom stereocenters. The summed E-state index contributed by atoms with van der Waals surface area (Å²) < 4.78 is 177. The van der Waals surface area contributed by atoms with E-state index < -0.39 is 269 Å². The van der Waals surface area contributed by atoms with E-state index >= 15 is 0 Å². The Labute approximate surface area is 826 Å². The van der Waals surface area contributed by atoms with Crippen molar-refractivity contribution in [1.82, 2.24) is 0 Å². The Bertz CT molecular complexity index is 4800. The van der Waals surface area contributed by atoms with Crippen LogP contribution < -0.4 is 41.2 Å². The molecule has 4 fully saturated rings. The van der Waals surface area contributed by atoms with Gasteiger partial charge in [-0.2, -0.15) is 44.6 Å². The second-order valence-electron chi connectivity index (χ2n) is 29.1. The largest absolute Gasteiger partial charge is 0.741 e. The van der Waals surface area contributed by atoms with Crippen molar-refractivity contribution in [2.45, 2.75) is 234 Å². The maximum atomic E-state index is 11.6. The molecule has 4 aliphatic rings. The van der Waals surface area contributed by atoms with Gasteiger partial charge in [0.15, 0.2) is 125 Å². The quantitative estimate of drug-likeness (QED) is 0.00457. The number of hydrogen-bond acceptors (Lipinski definition) is 43. The van der Waals surface area contributed by atoms with Crippen LogP contribution in [0.3, 0.4) is 0 Å². The first-order valence-electron chi connectivity index (χ1n) is 40.6. The Kier molecular flexibility index (Phi) is 63.3. The molecular formula is C77H114F6N8O48P4S2+2. The van der Waals surface area contributed by atoms with Crippen LogP contribution in [0.25, 0.3) is 0 Å². The molecule has 822 valence electrons. The number of alkyl halides is 6. The van der Waals surface area contributed by atoms with Crippen LogP contribution in [0.2, 0.25) is 0 Å². The highest BCUT2D eigenvalue weighted by Gasteiger charge is 2.57. The summed E-state index contributed by atoms with van der Waals surface area (Å²) in [7, 11) is -4.24. The summed E-state index contributed by atoms with van der Waals surface area (Å²) in [4.78, 5) is 162. The summed E-state index contributed by atoms with van der Waals surface area (Å²) in [6, 6.07) is 12.4. The fourth-order valence-electron chi connectivity index (χ4n) is 10.9. The van der Waals surface area contributed by atoms with Crippen molar-refractivity contribution in [3.63, 3.8) is 0 Å². The van der Waals surface area contributed by atoms with Gasteiger partial charge in [0, 0.05) is 65.8 Å². The zero-order chi connectivity index (χ0) is 113. The minimum Gasteiger partial charge on any atom is -0.741 e. The van der Waals surface area contributed by atoms with E-state index in [1.54, 1.807) is 49.1 Å². The SMILES string of the molecule is CC(=O)OC[C@H]1OC([n+]2cccc(C(N)=O)c2)[C@H](OC(C)=O)[C@@H]1OC(C)=O.CC(=O)OC[C@H]1O[C@@H]([n+]2cccc(C(N)=O)c2)[C@H](OC(C)=O)[C@@H]1OC(C)=O.CCC(CC)CC.C[C@H](O)[C@@H](O)C(=O)O.NC(=O)c1ccc[n+](C2O[C@H](CO)[C@@H](O)[C@H]2O)c1.NC(=O)c1ccc[n+](C2O[C@H](CO)[C@@H](O)[C@H]2O)c1.O=C(O)[C@H](O)[C@@H](O)C(=O)O.O=C(O)[C@H](O)[C@@H](O)C(=O)O.O=S(=O)([O-])C(F)(F)F.O=S(=O)([O-])C(F)(F)F.PP(P)P. The zero-order valence-electron chi connectivity index (χ0n) is 77.6. The van der Waals surface area contributed by atoms with Crippen LogP contribution in [0.4, 0.5) is 26.3 Å². The van der Waals surface area contributed by atoms with Gasteiger partial charge in [0.2, 0.25) is 12.2 Å². The number of pyridine rings is 4. The number of primary amides is 4. The minimum absolute atomic E-state index is 0.130. The van der Waals surface area contributed by atoms with E-state index in [0.29, 0.717) is 0 Å². The van der Waals surface area contributed by atoms with Crippen molar-refractivity contribution in [3.8, 4) is 0 Å². The van der Waals surface area contributed by atoms with Crippen molar-refractivity contribution >= 4 is 143 Å². The summed E-state index contributed by atoms with van der Waals surface area (Å²) in [6.45, 7) is 14.1. The number of carboxylic acids is 5. The molecule has 0 aromatic carbocycles. The summed E-state index contributed by atoms with van der Waals surface area (Å²) in [5, 5.41) is 147. The average Bonchev–Trinajstić information content (AvgIpc) is 1.65. The highest BCUT2D eigenvalue weighted by molar-refractivity contribution is 8.65. The number of aromatic nitrogens is 4. The normalized spacial score (nSPS) is 22.2. The van der Waals surface area contributed by atoms with Gasteiger partial charge in [-0.25, -0.2) is 40.8 Å². The molecule has 0 radical (unpaired) electrons. The first kappa shape index (κ1) is 138. The molecule has 0 bridgehead atoms. The van der Waals surface area contributed by atoms with Crippen LogP contribution in [0, 0.1) is 5.92 Å². The monoisotopic (exact) mass is 2220 g/mol. The Morgan fingerprint density at radius 2 is 0.593 bits per heavy atom. The Morgan fingerprint density at radius 3 is 0.738 bits per heavy atom. The van der Waals surface area contributed by atoms with Gasteiger partial charge < -0.3 is 166 Å². The van der Waals surface area contributed by atoms with Crippen LogP contribution >= 0.6 is 33.8 Å². The standard InChI is InChI=1S/2C17H20N2O8.2C11H14N2O5.C7H16.2C4H6O6.C4H8O4.2CHF3O3S.H6P4/c2*1-9(20)24-8-13-14(25-10(2)21)15(26-11(3)22)17(27-13)19-6-4-5-12(7-19)16(18)23;2*12-10(17)6-2-1-3-13(4-6)11-9(16)8(15)7(5-14)18-11;1-4-7(5-2)6-3;2*5-1(3(7)8)2(6)4(9)10;1-2(5)3(6)4(7)8;2*2-1(3,4)8(5,6)7;1-4(2)3/h2*4-7,13-15,17H,8H2,1-3H3,(H-,18,23);2*1-4,7-9,11,14-16H,5H2,(H-,12,17);7H,4-6H2,1-3H3;2*1-2,5-6H,(H,7,8)(H,9,10);2-3,5-6H,1H3,(H,7,8);2*(H,5,6,7);1-3H2/p+2/t13-,14-,15-,17?;13-,14-,15-,17-;2*7-,8-,9-,11?;;2*1-,2-;2-,3+;;;/m1111.110.../s1. The third-order valence-corrected chi connectivity index (χ3v) is 19.1. The third-order valence-electron chi connectivity index (χ3n) is 17.9. The first-order chi connectivity index (χ1) is 66.5. The number of hydrogen-bond donors (Lipinski definition) is 21. The van der Waals surface area contributed by atoms with Gasteiger partial charge >= 0.3 is 89.1 Å². The maximum Gasteiger partial charge on any atom is 0.485 e. The van der Waals surface area contributed by atoms with Crippen molar-refractivity contribution in [2.75, 3.05) is 26.4 Å². The molecule has 56 nitrogen and oxygen atoms in total. The molecule has 68 heteroatoms. The number of nitrogens with zero attached hydrogens (tertiary/aromatic N) is 4. The van der Waals surface area contributed by atoms with E-state index in [0.717, 1.165) is 5.92 Å². The fraction of sp³-hybridized carbons (Fsp3) is 0.545. The van der Waals surface area contributed by atoms with Crippen LogP contribution in [0.15, 0.2) is 98.1 Å². The summed E-state index contributed by atoms with van der Waals surface area (Å²) in [6.07, 6.45) is -11.7.